The third-order valence-electron chi connectivity index (χ3n) is 4.90. The normalized spacial score (nSPS) is 16.9. The Kier molecular flexibility index (Phi) is 7.18. The van der Waals surface area contributed by atoms with E-state index in [0.29, 0.717) is 25.0 Å². The molecule has 0 aliphatic heterocycles. The molecule has 1 amide bonds. The van der Waals surface area contributed by atoms with Crippen LogP contribution in [0.2, 0.25) is 0 Å². The first-order valence-electron chi connectivity index (χ1n) is 9.07. The molecule has 1 aromatic rings. The number of esters is 1. The number of amides is 1. The van der Waals surface area contributed by atoms with Gasteiger partial charge in [0.25, 0.3) is 0 Å². The van der Waals surface area contributed by atoms with Crippen molar-refractivity contribution >= 4 is 11.9 Å². The van der Waals surface area contributed by atoms with Crippen LogP contribution in [0.3, 0.4) is 0 Å². The van der Waals surface area contributed by atoms with Crippen molar-refractivity contribution in [2.75, 3.05) is 7.11 Å². The Balaban J connectivity index is 2.22. The van der Waals surface area contributed by atoms with Crippen LogP contribution >= 0.6 is 0 Å². The van der Waals surface area contributed by atoms with E-state index in [2.05, 4.69) is 5.32 Å². The Bertz CT molecular complexity index is 706. The molecule has 1 aromatic carbocycles. The predicted octanol–water partition coefficient (Wildman–Crippen LogP) is 4.50. The number of halogens is 6. The van der Waals surface area contributed by atoms with E-state index in [0.717, 1.165) is 26.4 Å². The van der Waals surface area contributed by atoms with Crippen molar-refractivity contribution in [2.45, 2.75) is 56.9 Å². The fraction of sp³-hybridized carbons (Fsp3) is 0.579. The molecular weight excluding hydrogens is 404 g/mol. The van der Waals surface area contributed by atoms with Gasteiger partial charge in [0, 0.05) is 0 Å². The molecular formula is C19H21F6NO3. The number of carbonyl (C=O) groups excluding carboxylic acids is 2. The number of benzene rings is 1. The van der Waals surface area contributed by atoms with Gasteiger partial charge < -0.3 is 10.1 Å². The van der Waals surface area contributed by atoms with Gasteiger partial charge in [-0.1, -0.05) is 19.3 Å². The van der Waals surface area contributed by atoms with Crippen molar-refractivity contribution in [1.82, 2.24) is 5.32 Å². The largest absolute Gasteiger partial charge is 0.467 e. The van der Waals surface area contributed by atoms with Crippen LogP contribution in [0.5, 0.6) is 0 Å². The summed E-state index contributed by atoms with van der Waals surface area (Å²) < 4.78 is 82.4. The first-order valence-corrected chi connectivity index (χ1v) is 9.07. The number of hydrogen-bond acceptors (Lipinski definition) is 3. The molecule has 0 spiro atoms. The average molecular weight is 425 g/mol. The zero-order chi connectivity index (χ0) is 21.8. The second-order valence-electron chi connectivity index (χ2n) is 7.06. The van der Waals surface area contributed by atoms with Crippen LogP contribution in [0.4, 0.5) is 26.3 Å². The SMILES string of the molecule is COC(=O)[C@@H](NC(=O)Cc1cc(C(F)(F)F)cc(C(F)(F)F)c1)C1CCCCC1. The fourth-order valence-electron chi connectivity index (χ4n) is 3.49. The van der Waals surface area contributed by atoms with Gasteiger partial charge in [0.1, 0.15) is 6.04 Å². The lowest BCUT2D eigenvalue weighted by atomic mass is 9.83. The van der Waals surface area contributed by atoms with Crippen LogP contribution in [-0.4, -0.2) is 25.0 Å². The summed E-state index contributed by atoms with van der Waals surface area (Å²) in [5, 5.41) is 2.43. The molecule has 162 valence electrons. The maximum absolute atomic E-state index is 12.9. The van der Waals surface area contributed by atoms with Gasteiger partial charge in [0.05, 0.1) is 24.7 Å². The molecule has 10 heteroatoms. The Hall–Kier alpha value is -2.26. The quantitative estimate of drug-likeness (QED) is 0.558. The summed E-state index contributed by atoms with van der Waals surface area (Å²) in [6, 6.07) is 0.0203. The van der Waals surface area contributed by atoms with Crippen molar-refractivity contribution in [3.05, 3.63) is 34.9 Å². The molecule has 0 bridgehead atoms. The third-order valence-corrected chi connectivity index (χ3v) is 4.90. The van der Waals surface area contributed by atoms with Gasteiger partial charge in [-0.25, -0.2) is 4.79 Å². The number of ether oxygens (including phenoxy) is 1. The molecule has 29 heavy (non-hydrogen) atoms. The van der Waals surface area contributed by atoms with Gasteiger partial charge in [0.15, 0.2) is 0 Å². The molecule has 0 unspecified atom stereocenters. The van der Waals surface area contributed by atoms with Crippen molar-refractivity contribution in [3.8, 4) is 0 Å². The second kappa shape index (κ2) is 9.04. The molecule has 0 heterocycles. The summed E-state index contributed by atoms with van der Waals surface area (Å²) in [5.41, 5.74) is -3.43. The van der Waals surface area contributed by atoms with Gasteiger partial charge >= 0.3 is 18.3 Å². The minimum Gasteiger partial charge on any atom is -0.467 e. The van der Waals surface area contributed by atoms with Crippen molar-refractivity contribution in [3.63, 3.8) is 0 Å². The van der Waals surface area contributed by atoms with Crippen LogP contribution < -0.4 is 5.32 Å². The number of hydrogen-bond donors (Lipinski definition) is 1. The fourth-order valence-corrected chi connectivity index (χ4v) is 3.49. The molecule has 1 atom stereocenters. The Morgan fingerprint density at radius 3 is 1.97 bits per heavy atom. The van der Waals surface area contributed by atoms with Crippen LogP contribution in [0.25, 0.3) is 0 Å². The van der Waals surface area contributed by atoms with Crippen LogP contribution in [0.15, 0.2) is 18.2 Å². The summed E-state index contributed by atoms with van der Waals surface area (Å²) in [4.78, 5) is 24.4. The van der Waals surface area contributed by atoms with Gasteiger partial charge in [-0.15, -0.1) is 0 Å². The molecule has 2 rings (SSSR count). The van der Waals surface area contributed by atoms with Crippen LogP contribution in [-0.2, 0) is 33.1 Å². The molecule has 0 aromatic heterocycles. The minimum absolute atomic E-state index is 0.000680. The Morgan fingerprint density at radius 1 is 1.00 bits per heavy atom. The molecule has 0 radical (unpaired) electrons. The first-order chi connectivity index (χ1) is 13.4. The molecule has 1 fully saturated rings. The van der Waals surface area contributed by atoms with E-state index in [1.165, 1.54) is 0 Å². The maximum atomic E-state index is 12.9. The van der Waals surface area contributed by atoms with Crippen molar-refractivity contribution < 1.29 is 40.7 Å². The first kappa shape index (κ1) is 23.0. The highest BCUT2D eigenvalue weighted by Gasteiger charge is 2.37. The average Bonchev–Trinajstić information content (AvgIpc) is 2.64. The topological polar surface area (TPSA) is 55.4 Å². The van der Waals surface area contributed by atoms with E-state index in [9.17, 15) is 35.9 Å². The number of methoxy groups -OCH3 is 1. The molecule has 1 saturated carbocycles. The number of rotatable bonds is 5. The summed E-state index contributed by atoms with van der Waals surface area (Å²) in [6.07, 6.45) is -6.68. The van der Waals surface area contributed by atoms with E-state index >= 15 is 0 Å². The summed E-state index contributed by atoms with van der Waals surface area (Å²) in [5.74, 6) is -1.73. The summed E-state index contributed by atoms with van der Waals surface area (Å²) in [6.45, 7) is 0. The third kappa shape index (κ3) is 6.37. The lowest BCUT2D eigenvalue weighted by Crippen LogP contribution is -2.47. The van der Waals surface area contributed by atoms with Crippen molar-refractivity contribution in [2.24, 2.45) is 5.92 Å². The van der Waals surface area contributed by atoms with Crippen molar-refractivity contribution in [1.29, 1.82) is 0 Å². The maximum Gasteiger partial charge on any atom is 0.416 e. The van der Waals surface area contributed by atoms with E-state index < -0.39 is 53.4 Å². The molecule has 1 aliphatic rings. The standard InChI is InChI=1S/C19H21F6NO3/c1-29-17(28)16(12-5-3-2-4-6-12)26-15(27)9-11-7-13(18(20,21)22)10-14(8-11)19(23,24)25/h7-8,10,12,16H,2-6,9H2,1H3,(H,26,27)/t16-/m0/s1. The van der Waals surface area contributed by atoms with Gasteiger partial charge in [-0.2, -0.15) is 26.3 Å². The van der Waals surface area contributed by atoms with Gasteiger partial charge in [-0.3, -0.25) is 4.79 Å². The highest BCUT2D eigenvalue weighted by atomic mass is 19.4. The second-order valence-corrected chi connectivity index (χ2v) is 7.06. The van der Waals surface area contributed by atoms with E-state index in [4.69, 9.17) is 4.74 Å². The van der Waals surface area contributed by atoms with Crippen LogP contribution in [0.1, 0.15) is 48.8 Å². The summed E-state index contributed by atoms with van der Waals surface area (Å²) >= 11 is 0. The smallest absolute Gasteiger partial charge is 0.416 e. The van der Waals surface area contributed by atoms with E-state index in [1.807, 2.05) is 0 Å². The monoisotopic (exact) mass is 425 g/mol. The van der Waals surface area contributed by atoms with Gasteiger partial charge in [0.2, 0.25) is 5.91 Å². The predicted molar refractivity (Wildman–Crippen MR) is 90.7 cm³/mol. The molecule has 1 N–H and O–H groups in total. The molecule has 0 saturated heterocycles. The highest BCUT2D eigenvalue weighted by Crippen LogP contribution is 2.36. The number of alkyl halides is 6. The van der Waals surface area contributed by atoms with E-state index in [-0.39, 0.29) is 12.0 Å². The zero-order valence-electron chi connectivity index (χ0n) is 15.6. The Morgan fingerprint density at radius 2 is 1.52 bits per heavy atom. The molecule has 1 aliphatic carbocycles. The Labute approximate surface area is 163 Å². The highest BCUT2D eigenvalue weighted by molar-refractivity contribution is 5.85. The minimum atomic E-state index is -5.00. The van der Waals surface area contributed by atoms with Crippen LogP contribution in [0, 0.1) is 5.92 Å². The summed E-state index contributed by atoms with van der Waals surface area (Å²) in [7, 11) is 1.15. The molecule has 4 nitrogen and oxygen atoms in total. The zero-order valence-corrected chi connectivity index (χ0v) is 15.6. The van der Waals surface area contributed by atoms with E-state index in [1.54, 1.807) is 0 Å². The number of carbonyl (C=O) groups is 2. The number of nitrogens with one attached hydrogen (secondary N) is 1. The lowest BCUT2D eigenvalue weighted by molar-refractivity contribution is -0.147. The van der Waals surface area contributed by atoms with Gasteiger partial charge in [-0.05, 0) is 42.5 Å². The lowest BCUT2D eigenvalue weighted by Gasteiger charge is -2.29.